The maximum absolute atomic E-state index is 13.4. The van der Waals surface area contributed by atoms with Gasteiger partial charge in [0, 0.05) is 48.0 Å². The van der Waals surface area contributed by atoms with Crippen molar-refractivity contribution in [2.45, 2.75) is 25.2 Å². The fourth-order valence-electron chi connectivity index (χ4n) is 5.38. The third kappa shape index (κ3) is 5.41. The van der Waals surface area contributed by atoms with E-state index < -0.39 is 22.7 Å². The van der Waals surface area contributed by atoms with Gasteiger partial charge in [0.25, 0.3) is 5.91 Å². The van der Waals surface area contributed by atoms with Gasteiger partial charge in [-0.3, -0.25) is 4.79 Å². The Kier molecular flexibility index (Phi) is 7.56. The Labute approximate surface area is 233 Å². The van der Waals surface area contributed by atoms with Crippen molar-refractivity contribution >= 4 is 29.1 Å². The van der Waals surface area contributed by atoms with Gasteiger partial charge < -0.3 is 24.0 Å². The van der Waals surface area contributed by atoms with Crippen LogP contribution >= 0.6 is 11.6 Å². The number of aliphatic hydroxyl groups is 1. The molecule has 0 radical (unpaired) electrons. The molecule has 2 aliphatic rings. The van der Waals surface area contributed by atoms with Crippen LogP contribution < -0.4 is 14.4 Å². The Bertz CT molecular complexity index is 1430. The second kappa shape index (κ2) is 10.8. The summed E-state index contributed by atoms with van der Waals surface area (Å²) in [5.41, 5.74) is 2.95. The predicted molar refractivity (Wildman–Crippen MR) is 142 cm³/mol. The number of aliphatic hydroxyl groups excluding tert-OH is 1. The number of benzene rings is 2. The van der Waals surface area contributed by atoms with Gasteiger partial charge >= 0.3 is 12.1 Å². The molecular formula is C28H28ClF3N3O5+. The number of methoxy groups -OCH3 is 1. The molecule has 212 valence electrons. The number of carbonyl (C=O) groups is 2. The number of ether oxygens (including phenoxy) is 2. The fourth-order valence-corrected chi connectivity index (χ4v) is 5.51. The summed E-state index contributed by atoms with van der Waals surface area (Å²) in [6.07, 6.45) is -3.96. The number of carbonyl (C=O) groups excluding carboxylic acids is 2. The Balaban J connectivity index is 1.30. The molecule has 5 rings (SSSR count). The van der Waals surface area contributed by atoms with Gasteiger partial charge in [0.05, 0.1) is 13.7 Å². The van der Waals surface area contributed by atoms with Crippen LogP contribution in [0.25, 0.3) is 11.1 Å². The van der Waals surface area contributed by atoms with Crippen LogP contribution in [0.4, 0.5) is 18.9 Å². The zero-order chi connectivity index (χ0) is 28.7. The molecule has 2 atom stereocenters. The third-order valence-corrected chi connectivity index (χ3v) is 7.71. The van der Waals surface area contributed by atoms with Crippen LogP contribution in [-0.2, 0) is 11.3 Å². The Hall–Kier alpha value is -3.54. The molecule has 3 heterocycles. The summed E-state index contributed by atoms with van der Waals surface area (Å²) in [6.45, 7) is 0.125. The van der Waals surface area contributed by atoms with E-state index in [1.807, 2.05) is 29.0 Å². The van der Waals surface area contributed by atoms with Crippen molar-refractivity contribution < 1.29 is 41.8 Å². The number of likely N-dealkylation sites (tertiary alicyclic amines) is 1. The van der Waals surface area contributed by atoms with Crippen LogP contribution in [0.2, 0.25) is 5.02 Å². The maximum Gasteiger partial charge on any atom is 0.509 e. The summed E-state index contributed by atoms with van der Waals surface area (Å²) in [4.78, 5) is 27.2. The Morgan fingerprint density at radius 3 is 2.50 bits per heavy atom. The second-order valence-electron chi connectivity index (χ2n) is 9.98. The summed E-state index contributed by atoms with van der Waals surface area (Å²) in [5.74, 6) is -1.51. The minimum Gasteiger partial charge on any atom is -0.493 e. The Morgan fingerprint density at radius 2 is 1.85 bits per heavy atom. The molecule has 0 spiro atoms. The molecule has 2 aliphatic heterocycles. The van der Waals surface area contributed by atoms with Crippen LogP contribution in [0.3, 0.4) is 0 Å². The molecule has 1 saturated heterocycles. The van der Waals surface area contributed by atoms with E-state index in [0.717, 1.165) is 11.1 Å². The number of nitrogens with zero attached hydrogens (tertiary/aromatic N) is 3. The number of fused-ring (bicyclic) bond motifs is 1. The van der Waals surface area contributed by atoms with Gasteiger partial charge in [-0.2, -0.15) is 13.2 Å². The minimum atomic E-state index is -5.01. The number of aromatic nitrogens is 1. The number of amides is 2. The lowest BCUT2D eigenvalue weighted by molar-refractivity contribution is -0.848. The first-order valence-corrected chi connectivity index (χ1v) is 13.1. The molecule has 0 bridgehead atoms. The van der Waals surface area contributed by atoms with Crippen molar-refractivity contribution in [1.82, 2.24) is 4.57 Å². The SMILES string of the molecule is COc1cc(N2CCn3cc(-c4ccc(Cl)cc4)cc3C2=O)ccc1OCC[N+]1(C(=O)C(F)(F)F)CC[C@H](O)C1. The van der Waals surface area contributed by atoms with Gasteiger partial charge in [-0.25, -0.2) is 9.28 Å². The van der Waals surface area contributed by atoms with E-state index in [4.69, 9.17) is 21.1 Å². The van der Waals surface area contributed by atoms with Gasteiger partial charge in [-0.05, 0) is 35.9 Å². The van der Waals surface area contributed by atoms with E-state index in [0.29, 0.717) is 35.2 Å². The Morgan fingerprint density at radius 1 is 1.10 bits per heavy atom. The van der Waals surface area contributed by atoms with Crippen molar-refractivity contribution in [2.75, 3.05) is 44.8 Å². The van der Waals surface area contributed by atoms with E-state index in [1.54, 1.807) is 35.2 Å². The van der Waals surface area contributed by atoms with Gasteiger partial charge in [0.1, 0.15) is 31.5 Å². The summed E-state index contributed by atoms with van der Waals surface area (Å²) in [7, 11) is 1.42. The number of halogens is 4. The van der Waals surface area contributed by atoms with Gasteiger partial charge in [-0.15, -0.1) is 0 Å². The molecule has 0 saturated carbocycles. The van der Waals surface area contributed by atoms with Crippen LogP contribution in [0.15, 0.2) is 54.7 Å². The highest BCUT2D eigenvalue weighted by Crippen LogP contribution is 2.35. The van der Waals surface area contributed by atoms with E-state index in [-0.39, 0.29) is 44.3 Å². The molecular weight excluding hydrogens is 551 g/mol. The number of quaternary nitrogens is 1. The average molecular weight is 579 g/mol. The first kappa shape index (κ1) is 28.0. The molecule has 1 unspecified atom stereocenters. The molecule has 1 aromatic heterocycles. The molecule has 1 N–H and O–H groups in total. The number of anilines is 1. The maximum atomic E-state index is 13.4. The van der Waals surface area contributed by atoms with Crippen molar-refractivity contribution in [3.8, 4) is 22.6 Å². The quantitative estimate of drug-likeness (QED) is 0.417. The zero-order valence-corrected chi connectivity index (χ0v) is 22.4. The lowest BCUT2D eigenvalue weighted by atomic mass is 10.1. The lowest BCUT2D eigenvalue weighted by Gasteiger charge is -2.31. The van der Waals surface area contributed by atoms with E-state index in [1.165, 1.54) is 7.11 Å². The second-order valence-corrected chi connectivity index (χ2v) is 10.4. The van der Waals surface area contributed by atoms with Crippen LogP contribution in [0, 0.1) is 0 Å². The molecule has 2 amide bonds. The van der Waals surface area contributed by atoms with Gasteiger partial charge in [0.15, 0.2) is 11.5 Å². The van der Waals surface area contributed by atoms with E-state index >= 15 is 0 Å². The minimum absolute atomic E-state index is 0.105. The van der Waals surface area contributed by atoms with Crippen molar-refractivity contribution in [3.05, 3.63) is 65.4 Å². The summed E-state index contributed by atoms with van der Waals surface area (Å²) in [5, 5.41) is 10.5. The number of alkyl halides is 3. The molecule has 1 fully saturated rings. The zero-order valence-electron chi connectivity index (χ0n) is 21.7. The monoisotopic (exact) mass is 578 g/mol. The summed E-state index contributed by atoms with van der Waals surface area (Å²) >= 11 is 5.99. The normalized spacial score (nSPS) is 20.9. The van der Waals surface area contributed by atoms with Crippen molar-refractivity contribution in [2.24, 2.45) is 0 Å². The number of hydrogen-bond acceptors (Lipinski definition) is 5. The smallest absolute Gasteiger partial charge is 0.493 e. The van der Waals surface area contributed by atoms with E-state index in [9.17, 15) is 27.9 Å². The first-order valence-electron chi connectivity index (χ1n) is 12.8. The molecule has 2 aromatic carbocycles. The van der Waals surface area contributed by atoms with Crippen LogP contribution in [-0.4, -0.2) is 78.1 Å². The first-order chi connectivity index (χ1) is 19.0. The summed E-state index contributed by atoms with van der Waals surface area (Å²) < 4.78 is 51.9. The van der Waals surface area contributed by atoms with Gasteiger partial charge in [0.2, 0.25) is 0 Å². The fraction of sp³-hybridized carbons (Fsp3) is 0.357. The molecule has 12 heteroatoms. The van der Waals surface area contributed by atoms with Crippen molar-refractivity contribution in [1.29, 1.82) is 0 Å². The molecule has 0 aliphatic carbocycles. The molecule has 40 heavy (non-hydrogen) atoms. The van der Waals surface area contributed by atoms with Crippen LogP contribution in [0.1, 0.15) is 16.9 Å². The highest BCUT2D eigenvalue weighted by atomic mass is 35.5. The lowest BCUT2D eigenvalue weighted by Crippen LogP contribution is -2.58. The number of hydrogen-bond donors (Lipinski definition) is 1. The molecule has 8 nitrogen and oxygen atoms in total. The predicted octanol–water partition coefficient (Wildman–Crippen LogP) is 4.53. The third-order valence-electron chi connectivity index (χ3n) is 7.46. The van der Waals surface area contributed by atoms with E-state index in [2.05, 4.69) is 0 Å². The highest BCUT2D eigenvalue weighted by Gasteiger charge is 2.57. The topological polar surface area (TPSA) is 81.0 Å². The van der Waals surface area contributed by atoms with Gasteiger partial charge in [-0.1, -0.05) is 23.7 Å². The van der Waals surface area contributed by atoms with Crippen molar-refractivity contribution in [3.63, 3.8) is 0 Å². The highest BCUT2D eigenvalue weighted by molar-refractivity contribution is 6.30. The summed E-state index contributed by atoms with van der Waals surface area (Å²) in [6, 6.07) is 14.1. The molecule has 3 aromatic rings. The van der Waals surface area contributed by atoms with Crippen LogP contribution in [0.5, 0.6) is 11.5 Å². The largest absolute Gasteiger partial charge is 0.509 e. The standard InChI is InChI=1S/C28H28ClF3N3O5/c1-39-25-15-21(6-7-24(25)40-13-12-35(11-8-22(36)17-35)27(38)28(30,31)32)34-10-9-33-16-19(14-23(33)26(34)37)18-2-4-20(29)5-3-18/h2-7,14-16,22,36H,8-13,17H2,1H3/q+1/t22-,35?/m0/s1. The average Bonchev–Trinajstić information content (AvgIpc) is 3.53. The number of rotatable bonds is 7.